The molecule has 0 fully saturated rings. The summed E-state index contributed by atoms with van der Waals surface area (Å²) in [6.45, 7) is 2.68. The molecule has 0 aliphatic rings. The number of hydrogen-bond donors (Lipinski definition) is 1. The Balaban J connectivity index is 2.17. The van der Waals surface area contributed by atoms with Crippen molar-refractivity contribution in [2.45, 2.75) is 13.5 Å². The topological polar surface area (TPSA) is 47.1 Å². The molecular formula is C13H18N4. The standard InChI is InChI=1S/C13H18N4/c1-10-8-15-17(13(10)14)9-11-4-6-12(7-5-11)16(2)3/h4-8H,9,14H2,1-3H3. The summed E-state index contributed by atoms with van der Waals surface area (Å²) in [6, 6.07) is 8.40. The smallest absolute Gasteiger partial charge is 0.124 e. The van der Waals surface area contributed by atoms with Gasteiger partial charge in [0.15, 0.2) is 0 Å². The van der Waals surface area contributed by atoms with E-state index in [2.05, 4.69) is 34.3 Å². The molecular weight excluding hydrogens is 212 g/mol. The Labute approximate surface area is 102 Å². The summed E-state index contributed by atoms with van der Waals surface area (Å²) in [5, 5.41) is 4.25. The lowest BCUT2D eigenvalue weighted by Gasteiger charge is -2.13. The molecule has 0 atom stereocenters. The fourth-order valence-electron chi connectivity index (χ4n) is 1.69. The Morgan fingerprint density at radius 1 is 1.24 bits per heavy atom. The zero-order chi connectivity index (χ0) is 12.4. The van der Waals surface area contributed by atoms with Crippen LogP contribution in [0.1, 0.15) is 11.1 Å². The molecule has 0 radical (unpaired) electrons. The molecule has 1 aromatic heterocycles. The zero-order valence-corrected chi connectivity index (χ0v) is 10.5. The average Bonchev–Trinajstić information content (AvgIpc) is 2.62. The van der Waals surface area contributed by atoms with E-state index in [1.165, 1.54) is 11.3 Å². The molecule has 0 spiro atoms. The Hall–Kier alpha value is -1.97. The number of nitrogens with zero attached hydrogens (tertiary/aromatic N) is 3. The van der Waals surface area contributed by atoms with Gasteiger partial charge >= 0.3 is 0 Å². The molecule has 0 unspecified atom stereocenters. The van der Waals surface area contributed by atoms with Crippen LogP contribution in [-0.4, -0.2) is 23.9 Å². The van der Waals surface area contributed by atoms with Crippen molar-refractivity contribution in [3.8, 4) is 0 Å². The van der Waals surface area contributed by atoms with Crippen molar-refractivity contribution in [1.82, 2.24) is 9.78 Å². The van der Waals surface area contributed by atoms with E-state index >= 15 is 0 Å². The van der Waals surface area contributed by atoms with Crippen LogP contribution >= 0.6 is 0 Å². The molecule has 1 heterocycles. The van der Waals surface area contributed by atoms with Gasteiger partial charge in [-0.1, -0.05) is 12.1 Å². The lowest BCUT2D eigenvalue weighted by atomic mass is 10.2. The van der Waals surface area contributed by atoms with Crippen molar-refractivity contribution in [1.29, 1.82) is 0 Å². The SMILES string of the molecule is Cc1cnn(Cc2ccc(N(C)C)cc2)c1N. The minimum absolute atomic E-state index is 0.716. The number of nitrogens with two attached hydrogens (primary N) is 1. The molecule has 4 heteroatoms. The van der Waals surface area contributed by atoms with Gasteiger partial charge in [-0.15, -0.1) is 0 Å². The van der Waals surface area contributed by atoms with E-state index in [4.69, 9.17) is 5.73 Å². The van der Waals surface area contributed by atoms with E-state index < -0.39 is 0 Å². The van der Waals surface area contributed by atoms with E-state index in [-0.39, 0.29) is 0 Å². The number of aryl methyl sites for hydroxylation is 1. The van der Waals surface area contributed by atoms with E-state index in [1.54, 1.807) is 6.20 Å². The van der Waals surface area contributed by atoms with Crippen molar-refractivity contribution in [2.24, 2.45) is 0 Å². The van der Waals surface area contributed by atoms with Crippen LogP contribution in [0.4, 0.5) is 11.5 Å². The molecule has 0 amide bonds. The van der Waals surface area contributed by atoms with Crippen LogP contribution in [-0.2, 0) is 6.54 Å². The second-order valence-corrected chi connectivity index (χ2v) is 4.43. The predicted octanol–water partition coefficient (Wildman–Crippen LogP) is 1.89. The lowest BCUT2D eigenvalue weighted by molar-refractivity contribution is 0.697. The maximum Gasteiger partial charge on any atom is 0.124 e. The lowest BCUT2D eigenvalue weighted by Crippen LogP contribution is -2.09. The first kappa shape index (κ1) is 11.5. The van der Waals surface area contributed by atoms with Gasteiger partial charge in [0, 0.05) is 25.3 Å². The largest absolute Gasteiger partial charge is 0.384 e. The quantitative estimate of drug-likeness (QED) is 0.876. The third-order valence-corrected chi connectivity index (χ3v) is 2.86. The van der Waals surface area contributed by atoms with Crippen LogP contribution < -0.4 is 10.6 Å². The van der Waals surface area contributed by atoms with E-state index in [1.807, 2.05) is 25.7 Å². The summed E-state index contributed by atoms with van der Waals surface area (Å²) in [6.07, 6.45) is 1.80. The Morgan fingerprint density at radius 2 is 1.88 bits per heavy atom. The van der Waals surface area contributed by atoms with Crippen molar-refractivity contribution in [2.75, 3.05) is 24.7 Å². The molecule has 4 nitrogen and oxygen atoms in total. The molecule has 1 aromatic carbocycles. The van der Waals surface area contributed by atoms with Crippen molar-refractivity contribution in [3.63, 3.8) is 0 Å². The summed E-state index contributed by atoms with van der Waals surface area (Å²) in [4.78, 5) is 2.08. The number of anilines is 2. The van der Waals surface area contributed by atoms with Gasteiger partial charge in [0.1, 0.15) is 5.82 Å². The molecule has 0 bridgehead atoms. The maximum absolute atomic E-state index is 5.92. The number of nitrogen functional groups attached to an aromatic ring is 1. The summed E-state index contributed by atoms with van der Waals surface area (Å²) >= 11 is 0. The van der Waals surface area contributed by atoms with Crippen molar-refractivity contribution in [3.05, 3.63) is 41.6 Å². The summed E-state index contributed by atoms with van der Waals surface area (Å²) < 4.78 is 1.82. The molecule has 17 heavy (non-hydrogen) atoms. The van der Waals surface area contributed by atoms with Crippen molar-refractivity contribution >= 4 is 11.5 Å². The number of benzene rings is 1. The normalized spacial score (nSPS) is 10.5. The van der Waals surface area contributed by atoms with Gasteiger partial charge in [-0.05, 0) is 24.6 Å². The van der Waals surface area contributed by atoms with E-state index in [9.17, 15) is 0 Å². The molecule has 0 saturated heterocycles. The molecule has 0 aliphatic carbocycles. The number of rotatable bonds is 3. The zero-order valence-electron chi connectivity index (χ0n) is 10.5. The molecule has 2 rings (SSSR count). The van der Waals surface area contributed by atoms with Gasteiger partial charge < -0.3 is 10.6 Å². The van der Waals surface area contributed by atoms with Crippen LogP contribution in [0.3, 0.4) is 0 Å². The molecule has 0 saturated carbocycles. The average molecular weight is 230 g/mol. The third kappa shape index (κ3) is 2.41. The molecule has 2 aromatic rings. The monoisotopic (exact) mass is 230 g/mol. The van der Waals surface area contributed by atoms with E-state index in [0.29, 0.717) is 6.54 Å². The number of hydrogen-bond acceptors (Lipinski definition) is 3. The van der Waals surface area contributed by atoms with Gasteiger partial charge in [-0.25, -0.2) is 4.68 Å². The van der Waals surface area contributed by atoms with Gasteiger partial charge in [-0.3, -0.25) is 0 Å². The first-order valence-corrected chi connectivity index (χ1v) is 5.62. The Bertz CT molecular complexity index is 497. The van der Waals surface area contributed by atoms with Crippen molar-refractivity contribution < 1.29 is 0 Å². The molecule has 2 N–H and O–H groups in total. The van der Waals surface area contributed by atoms with Crippen LogP contribution in [0.25, 0.3) is 0 Å². The molecule has 90 valence electrons. The van der Waals surface area contributed by atoms with Gasteiger partial charge in [-0.2, -0.15) is 5.10 Å². The van der Waals surface area contributed by atoms with E-state index in [0.717, 1.165) is 11.4 Å². The fraction of sp³-hybridized carbons (Fsp3) is 0.308. The summed E-state index contributed by atoms with van der Waals surface area (Å²) in [5.74, 6) is 0.738. The van der Waals surface area contributed by atoms with Crippen LogP contribution in [0.15, 0.2) is 30.5 Å². The second kappa shape index (κ2) is 4.49. The first-order chi connectivity index (χ1) is 8.08. The minimum atomic E-state index is 0.716. The van der Waals surface area contributed by atoms with Crippen LogP contribution in [0.2, 0.25) is 0 Å². The highest BCUT2D eigenvalue weighted by Crippen LogP contribution is 2.15. The Morgan fingerprint density at radius 3 is 2.35 bits per heavy atom. The minimum Gasteiger partial charge on any atom is -0.384 e. The number of aromatic nitrogens is 2. The third-order valence-electron chi connectivity index (χ3n) is 2.86. The highest BCUT2D eigenvalue weighted by molar-refractivity contribution is 5.46. The predicted molar refractivity (Wildman–Crippen MR) is 71.2 cm³/mol. The second-order valence-electron chi connectivity index (χ2n) is 4.43. The summed E-state index contributed by atoms with van der Waals surface area (Å²) in [5.41, 5.74) is 9.34. The van der Waals surface area contributed by atoms with Gasteiger partial charge in [0.05, 0.1) is 12.7 Å². The fourth-order valence-corrected chi connectivity index (χ4v) is 1.69. The first-order valence-electron chi connectivity index (χ1n) is 5.62. The van der Waals surface area contributed by atoms with Crippen LogP contribution in [0, 0.1) is 6.92 Å². The highest BCUT2D eigenvalue weighted by atomic mass is 15.3. The summed E-state index contributed by atoms with van der Waals surface area (Å²) in [7, 11) is 4.06. The highest BCUT2D eigenvalue weighted by Gasteiger charge is 2.04. The van der Waals surface area contributed by atoms with Gasteiger partial charge in [0.25, 0.3) is 0 Å². The van der Waals surface area contributed by atoms with Gasteiger partial charge in [0.2, 0.25) is 0 Å². The molecule has 0 aliphatic heterocycles. The maximum atomic E-state index is 5.92. The van der Waals surface area contributed by atoms with Crippen LogP contribution in [0.5, 0.6) is 0 Å². The Kier molecular flexibility index (Phi) is 3.04.